The molecule has 0 saturated carbocycles. The number of nitrogens with zero attached hydrogens (tertiary/aromatic N) is 4. The molecule has 3 aromatic heterocycles. The maximum atomic E-state index is 13.3. The fourth-order valence-electron chi connectivity index (χ4n) is 3.11. The van der Waals surface area contributed by atoms with E-state index in [9.17, 15) is 4.39 Å². The van der Waals surface area contributed by atoms with E-state index in [1.165, 1.54) is 12.1 Å². The first-order chi connectivity index (χ1) is 13.1. The number of halogens is 1. The Hall–Kier alpha value is -3.42. The Kier molecular flexibility index (Phi) is 4.45. The predicted octanol–water partition coefficient (Wildman–Crippen LogP) is 3.31. The molecule has 3 heterocycles. The van der Waals surface area contributed by atoms with Crippen LogP contribution in [0.15, 0.2) is 53.3 Å². The molecule has 0 bridgehead atoms. The maximum Gasteiger partial charge on any atom is 0.226 e. The summed E-state index contributed by atoms with van der Waals surface area (Å²) in [6, 6.07) is 10.2. The molecule has 4 aromatic rings. The fourth-order valence-corrected chi connectivity index (χ4v) is 3.11. The van der Waals surface area contributed by atoms with Gasteiger partial charge in [0.1, 0.15) is 17.4 Å². The highest BCUT2D eigenvalue weighted by molar-refractivity contribution is 5.86. The number of furan rings is 1. The van der Waals surface area contributed by atoms with Crippen LogP contribution in [0.4, 0.5) is 16.2 Å². The topological polar surface area (TPSA) is 94.8 Å². The molecule has 0 fully saturated rings. The number of fused-ring (bicyclic) bond motifs is 1. The standard InChI is InChI=1S/C19H19FN6O/c1-26-18-15(11-23-26)17(21)24-19(25-18)22-9-8-14(16-3-2-10-27-16)12-4-6-13(20)7-5-12/h2-7,10-11,14H,8-9H2,1H3,(H3,21,22,24,25). The quantitative estimate of drug-likeness (QED) is 0.544. The lowest BCUT2D eigenvalue weighted by Gasteiger charge is -2.16. The van der Waals surface area contributed by atoms with E-state index in [2.05, 4.69) is 20.4 Å². The monoisotopic (exact) mass is 366 g/mol. The smallest absolute Gasteiger partial charge is 0.226 e. The SMILES string of the molecule is Cn1ncc2c(N)nc(NCCC(c3ccc(F)cc3)c3ccco3)nc21. The molecule has 1 unspecified atom stereocenters. The van der Waals surface area contributed by atoms with Crippen molar-refractivity contribution in [3.05, 3.63) is 66.0 Å². The molecule has 0 aliphatic carbocycles. The van der Waals surface area contributed by atoms with Crippen molar-refractivity contribution >= 4 is 22.8 Å². The van der Waals surface area contributed by atoms with Crippen molar-refractivity contribution < 1.29 is 8.81 Å². The second-order valence-corrected chi connectivity index (χ2v) is 6.27. The molecule has 0 radical (unpaired) electrons. The Labute approximate surface area is 155 Å². The number of aromatic nitrogens is 4. The molecular formula is C19H19FN6O. The third kappa shape index (κ3) is 3.46. The third-order valence-corrected chi connectivity index (χ3v) is 4.50. The van der Waals surface area contributed by atoms with Gasteiger partial charge in [-0.3, -0.25) is 4.68 Å². The van der Waals surface area contributed by atoms with Crippen LogP contribution in [0.3, 0.4) is 0 Å². The number of nitrogen functional groups attached to an aromatic ring is 1. The number of aryl methyl sites for hydroxylation is 1. The molecule has 1 aromatic carbocycles. The summed E-state index contributed by atoms with van der Waals surface area (Å²) in [6.07, 6.45) is 4.00. The summed E-state index contributed by atoms with van der Waals surface area (Å²) < 4.78 is 20.5. The average Bonchev–Trinajstić information content (AvgIpc) is 3.31. The van der Waals surface area contributed by atoms with Gasteiger partial charge in [-0.15, -0.1) is 0 Å². The Morgan fingerprint density at radius 1 is 1.22 bits per heavy atom. The van der Waals surface area contributed by atoms with E-state index in [1.807, 2.05) is 12.1 Å². The zero-order chi connectivity index (χ0) is 18.8. The van der Waals surface area contributed by atoms with Gasteiger partial charge < -0.3 is 15.5 Å². The van der Waals surface area contributed by atoms with Gasteiger partial charge in [0, 0.05) is 19.5 Å². The zero-order valence-electron chi connectivity index (χ0n) is 14.8. The minimum absolute atomic E-state index is 0.00844. The first-order valence-electron chi connectivity index (χ1n) is 8.60. The van der Waals surface area contributed by atoms with Crippen molar-refractivity contribution in [1.29, 1.82) is 0 Å². The molecule has 4 rings (SSSR count). The lowest BCUT2D eigenvalue weighted by Crippen LogP contribution is -2.12. The van der Waals surface area contributed by atoms with Gasteiger partial charge >= 0.3 is 0 Å². The molecule has 3 N–H and O–H groups in total. The van der Waals surface area contributed by atoms with Crippen molar-refractivity contribution in [1.82, 2.24) is 19.7 Å². The number of anilines is 2. The summed E-state index contributed by atoms with van der Waals surface area (Å²) >= 11 is 0. The fraction of sp³-hybridized carbons (Fsp3) is 0.211. The lowest BCUT2D eigenvalue weighted by atomic mass is 9.93. The summed E-state index contributed by atoms with van der Waals surface area (Å²) in [4.78, 5) is 8.75. The summed E-state index contributed by atoms with van der Waals surface area (Å²) in [5, 5.41) is 8.08. The van der Waals surface area contributed by atoms with Crippen LogP contribution in [0.5, 0.6) is 0 Å². The van der Waals surface area contributed by atoms with Gasteiger partial charge in [0.25, 0.3) is 0 Å². The van der Waals surface area contributed by atoms with E-state index >= 15 is 0 Å². The van der Waals surface area contributed by atoms with Crippen molar-refractivity contribution in [2.75, 3.05) is 17.6 Å². The van der Waals surface area contributed by atoms with Crippen LogP contribution in [-0.2, 0) is 7.05 Å². The second-order valence-electron chi connectivity index (χ2n) is 6.27. The van der Waals surface area contributed by atoms with Gasteiger partial charge in [-0.05, 0) is 36.2 Å². The molecule has 0 amide bonds. The first kappa shape index (κ1) is 17.0. The number of nitrogens with two attached hydrogens (primary N) is 1. The largest absolute Gasteiger partial charge is 0.469 e. The zero-order valence-corrected chi connectivity index (χ0v) is 14.8. The van der Waals surface area contributed by atoms with Crippen molar-refractivity contribution in [3.8, 4) is 0 Å². The first-order valence-corrected chi connectivity index (χ1v) is 8.60. The van der Waals surface area contributed by atoms with Crippen molar-refractivity contribution in [2.45, 2.75) is 12.3 Å². The lowest BCUT2D eigenvalue weighted by molar-refractivity contribution is 0.477. The molecule has 27 heavy (non-hydrogen) atoms. The highest BCUT2D eigenvalue weighted by Gasteiger charge is 2.17. The Bertz CT molecular complexity index is 1040. The van der Waals surface area contributed by atoms with Gasteiger partial charge in [0.2, 0.25) is 5.95 Å². The number of hydrogen-bond acceptors (Lipinski definition) is 6. The highest BCUT2D eigenvalue weighted by atomic mass is 19.1. The Morgan fingerprint density at radius 2 is 2.04 bits per heavy atom. The van der Waals surface area contributed by atoms with E-state index in [1.54, 1.807) is 36.3 Å². The van der Waals surface area contributed by atoms with E-state index in [0.717, 1.165) is 16.7 Å². The van der Waals surface area contributed by atoms with Crippen LogP contribution < -0.4 is 11.1 Å². The van der Waals surface area contributed by atoms with Crippen LogP contribution in [0.25, 0.3) is 11.0 Å². The van der Waals surface area contributed by atoms with Gasteiger partial charge in [0.05, 0.1) is 17.8 Å². The predicted molar refractivity (Wildman–Crippen MR) is 101 cm³/mol. The average molecular weight is 366 g/mol. The molecule has 7 nitrogen and oxygen atoms in total. The van der Waals surface area contributed by atoms with Crippen LogP contribution in [0.1, 0.15) is 23.7 Å². The highest BCUT2D eigenvalue weighted by Crippen LogP contribution is 2.28. The van der Waals surface area contributed by atoms with E-state index < -0.39 is 0 Å². The van der Waals surface area contributed by atoms with Gasteiger partial charge in [0.15, 0.2) is 5.65 Å². The number of benzene rings is 1. The summed E-state index contributed by atoms with van der Waals surface area (Å²) in [5.74, 6) is 1.39. The number of rotatable bonds is 6. The summed E-state index contributed by atoms with van der Waals surface area (Å²) in [5.41, 5.74) is 7.64. The van der Waals surface area contributed by atoms with E-state index in [4.69, 9.17) is 10.2 Å². The second kappa shape index (κ2) is 7.06. The van der Waals surface area contributed by atoms with Gasteiger partial charge in [-0.25, -0.2) is 4.39 Å². The minimum Gasteiger partial charge on any atom is -0.469 e. The molecule has 138 valence electrons. The maximum absolute atomic E-state index is 13.3. The molecule has 0 spiro atoms. The summed E-state index contributed by atoms with van der Waals surface area (Å²) in [6.45, 7) is 0.589. The van der Waals surface area contributed by atoms with Crippen LogP contribution in [-0.4, -0.2) is 26.3 Å². The van der Waals surface area contributed by atoms with Crippen molar-refractivity contribution in [2.24, 2.45) is 7.05 Å². The molecule has 0 aliphatic rings. The minimum atomic E-state index is -0.261. The van der Waals surface area contributed by atoms with Crippen LogP contribution in [0, 0.1) is 5.82 Å². The number of hydrogen-bond donors (Lipinski definition) is 2. The Balaban J connectivity index is 1.51. The number of nitrogens with one attached hydrogen (secondary N) is 1. The van der Waals surface area contributed by atoms with Gasteiger partial charge in [-0.2, -0.15) is 15.1 Å². The Morgan fingerprint density at radius 3 is 2.78 bits per heavy atom. The van der Waals surface area contributed by atoms with Crippen LogP contribution >= 0.6 is 0 Å². The van der Waals surface area contributed by atoms with Crippen LogP contribution in [0.2, 0.25) is 0 Å². The third-order valence-electron chi connectivity index (χ3n) is 4.50. The normalized spacial score (nSPS) is 12.4. The van der Waals surface area contributed by atoms with E-state index in [-0.39, 0.29) is 11.7 Å². The molecule has 0 saturated heterocycles. The van der Waals surface area contributed by atoms with E-state index in [0.29, 0.717) is 30.4 Å². The molecular weight excluding hydrogens is 347 g/mol. The molecule has 0 aliphatic heterocycles. The van der Waals surface area contributed by atoms with Gasteiger partial charge in [-0.1, -0.05) is 12.1 Å². The van der Waals surface area contributed by atoms with Crippen molar-refractivity contribution in [3.63, 3.8) is 0 Å². The molecule has 8 heteroatoms. The summed E-state index contributed by atoms with van der Waals surface area (Å²) in [7, 11) is 1.81. The molecule has 1 atom stereocenters.